The summed E-state index contributed by atoms with van der Waals surface area (Å²) < 4.78 is 18.1. The molecular formula is C24H38O4. The van der Waals surface area contributed by atoms with Crippen molar-refractivity contribution in [2.24, 2.45) is 41.4 Å². The molecule has 0 spiro atoms. The van der Waals surface area contributed by atoms with Crippen molar-refractivity contribution < 1.29 is 19.0 Å². The molecule has 4 aliphatic carbocycles. The zero-order valence-corrected chi connectivity index (χ0v) is 17.9. The van der Waals surface area contributed by atoms with Crippen LogP contribution in [-0.2, 0) is 19.0 Å². The summed E-state index contributed by atoms with van der Waals surface area (Å²) in [5.41, 5.74) is -0.0428. The van der Waals surface area contributed by atoms with Gasteiger partial charge in [-0.15, -0.1) is 0 Å². The molecule has 5 rings (SSSR count). The fourth-order valence-corrected chi connectivity index (χ4v) is 8.41. The third-order valence-corrected chi connectivity index (χ3v) is 9.54. The van der Waals surface area contributed by atoms with E-state index in [-0.39, 0.29) is 36.5 Å². The smallest absolute Gasteiger partial charge is 0.313 e. The highest BCUT2D eigenvalue weighted by atomic mass is 16.7. The van der Waals surface area contributed by atoms with Gasteiger partial charge < -0.3 is 14.2 Å². The van der Waals surface area contributed by atoms with Crippen LogP contribution in [-0.4, -0.2) is 30.6 Å². The number of carbonyl (C=O) groups is 1. The van der Waals surface area contributed by atoms with E-state index in [9.17, 15) is 4.79 Å². The Labute approximate surface area is 170 Å². The fraction of sp³-hybridized carbons (Fsp3) is 0.958. The van der Waals surface area contributed by atoms with Crippen LogP contribution in [0.15, 0.2) is 0 Å². The van der Waals surface area contributed by atoms with Gasteiger partial charge in [-0.3, -0.25) is 4.79 Å². The molecule has 0 radical (unpaired) electrons. The molecule has 5 aliphatic rings. The lowest BCUT2D eigenvalue weighted by molar-refractivity contribution is -0.195. The summed E-state index contributed by atoms with van der Waals surface area (Å²) in [6, 6.07) is 0. The van der Waals surface area contributed by atoms with Crippen molar-refractivity contribution in [3.63, 3.8) is 0 Å². The Hall–Kier alpha value is -0.610. The minimum atomic E-state index is -0.119. The van der Waals surface area contributed by atoms with Gasteiger partial charge in [0.2, 0.25) is 0 Å². The van der Waals surface area contributed by atoms with E-state index < -0.39 is 0 Å². The van der Waals surface area contributed by atoms with Crippen molar-refractivity contribution in [1.29, 1.82) is 0 Å². The van der Waals surface area contributed by atoms with E-state index in [1.54, 1.807) is 0 Å². The Morgan fingerprint density at radius 1 is 1.00 bits per heavy atom. The van der Waals surface area contributed by atoms with Crippen LogP contribution < -0.4 is 0 Å². The van der Waals surface area contributed by atoms with Crippen LogP contribution in [0.5, 0.6) is 0 Å². The lowest BCUT2D eigenvalue weighted by atomic mass is 9.65. The molecular weight excluding hydrogens is 352 g/mol. The van der Waals surface area contributed by atoms with E-state index in [4.69, 9.17) is 14.2 Å². The second-order valence-corrected chi connectivity index (χ2v) is 10.4. The first-order chi connectivity index (χ1) is 13.6. The molecule has 0 aromatic carbocycles. The molecule has 10 atom stereocenters. The standard InChI is InChI=1S/C24H38O4/c1-4-17-11-18(20(5-2)28-17)23(25)26-13-27-24(6-3)12-16-10-19(24)22-15-8-7-14(9-15)21(16)22/h14-22H,4-13H2,1-3H3. The van der Waals surface area contributed by atoms with Crippen LogP contribution in [0.25, 0.3) is 0 Å². The van der Waals surface area contributed by atoms with Gasteiger partial charge in [-0.1, -0.05) is 20.8 Å². The van der Waals surface area contributed by atoms with Crippen LogP contribution in [0, 0.1) is 41.4 Å². The summed E-state index contributed by atoms with van der Waals surface area (Å²) in [4.78, 5) is 12.7. The summed E-state index contributed by atoms with van der Waals surface area (Å²) in [6.07, 6.45) is 10.8. The predicted octanol–water partition coefficient (Wildman–Crippen LogP) is 4.95. The number of ether oxygens (including phenoxy) is 3. The number of fused-ring (bicyclic) bond motifs is 9. The Balaban J connectivity index is 1.19. The minimum Gasteiger partial charge on any atom is -0.438 e. The molecule has 1 aliphatic heterocycles. The fourth-order valence-electron chi connectivity index (χ4n) is 8.41. The maximum absolute atomic E-state index is 12.7. The maximum atomic E-state index is 12.7. The SMILES string of the molecule is CCC1CC(C(=O)OCOC2(CC)CC3CC2C2C4CCC(C4)C32)C(CC)O1. The maximum Gasteiger partial charge on any atom is 0.313 e. The lowest BCUT2D eigenvalue weighted by Crippen LogP contribution is -2.47. The molecule has 1 saturated heterocycles. The average molecular weight is 391 g/mol. The zero-order valence-electron chi connectivity index (χ0n) is 17.9. The van der Waals surface area contributed by atoms with E-state index in [0.717, 1.165) is 55.3 Å². The van der Waals surface area contributed by atoms with Gasteiger partial charge in [0, 0.05) is 0 Å². The quantitative estimate of drug-likeness (QED) is 0.351. The molecule has 4 saturated carbocycles. The monoisotopic (exact) mass is 390 g/mol. The summed E-state index contributed by atoms with van der Waals surface area (Å²) >= 11 is 0. The highest BCUT2D eigenvalue weighted by molar-refractivity contribution is 5.73. The Bertz CT molecular complexity index is 605. The molecule has 158 valence electrons. The van der Waals surface area contributed by atoms with Crippen molar-refractivity contribution >= 4 is 5.97 Å². The third-order valence-electron chi connectivity index (χ3n) is 9.54. The molecule has 4 heteroatoms. The van der Waals surface area contributed by atoms with Gasteiger partial charge in [-0.2, -0.15) is 0 Å². The van der Waals surface area contributed by atoms with E-state index in [2.05, 4.69) is 20.8 Å². The van der Waals surface area contributed by atoms with Gasteiger partial charge in [-0.05, 0) is 93.3 Å². The minimum absolute atomic E-state index is 0.00914. The summed E-state index contributed by atoms with van der Waals surface area (Å²) in [5.74, 6) is 5.17. The van der Waals surface area contributed by atoms with Gasteiger partial charge in [-0.25, -0.2) is 0 Å². The van der Waals surface area contributed by atoms with Gasteiger partial charge in [0.1, 0.15) is 0 Å². The second kappa shape index (κ2) is 7.27. The van der Waals surface area contributed by atoms with Crippen molar-refractivity contribution in [3.8, 4) is 0 Å². The first-order valence-corrected chi connectivity index (χ1v) is 12.1. The number of hydrogen-bond acceptors (Lipinski definition) is 4. The van der Waals surface area contributed by atoms with Crippen LogP contribution >= 0.6 is 0 Å². The predicted molar refractivity (Wildman–Crippen MR) is 106 cm³/mol. The molecule has 0 N–H and O–H groups in total. The molecule has 0 aromatic rings. The van der Waals surface area contributed by atoms with Crippen LogP contribution in [0.2, 0.25) is 0 Å². The highest BCUT2D eigenvalue weighted by Gasteiger charge is 2.67. The molecule has 4 bridgehead atoms. The normalized spacial score (nSPS) is 51.0. The topological polar surface area (TPSA) is 44.8 Å². The largest absolute Gasteiger partial charge is 0.438 e. The van der Waals surface area contributed by atoms with Crippen LogP contribution in [0.1, 0.15) is 78.6 Å². The third kappa shape index (κ3) is 2.80. The van der Waals surface area contributed by atoms with Crippen molar-refractivity contribution in [2.45, 2.75) is 96.4 Å². The first-order valence-electron chi connectivity index (χ1n) is 12.1. The van der Waals surface area contributed by atoms with Crippen LogP contribution in [0.4, 0.5) is 0 Å². The van der Waals surface area contributed by atoms with Crippen molar-refractivity contribution in [1.82, 2.24) is 0 Å². The van der Waals surface area contributed by atoms with Crippen molar-refractivity contribution in [2.75, 3.05) is 6.79 Å². The van der Waals surface area contributed by atoms with Gasteiger partial charge in [0.25, 0.3) is 0 Å². The molecule has 10 unspecified atom stereocenters. The van der Waals surface area contributed by atoms with Crippen molar-refractivity contribution in [3.05, 3.63) is 0 Å². The summed E-state index contributed by atoms with van der Waals surface area (Å²) in [7, 11) is 0. The average Bonchev–Trinajstić information content (AvgIpc) is 3.51. The van der Waals surface area contributed by atoms with Gasteiger partial charge >= 0.3 is 5.97 Å². The number of hydrogen-bond donors (Lipinski definition) is 0. The van der Waals surface area contributed by atoms with Crippen LogP contribution in [0.3, 0.4) is 0 Å². The molecule has 0 aromatic heterocycles. The first kappa shape index (κ1) is 19.4. The molecule has 0 amide bonds. The van der Waals surface area contributed by atoms with E-state index in [1.807, 2.05) is 0 Å². The summed E-state index contributed by atoms with van der Waals surface area (Å²) in [5, 5.41) is 0. The second-order valence-electron chi connectivity index (χ2n) is 10.4. The molecule has 4 nitrogen and oxygen atoms in total. The number of esters is 1. The highest BCUT2D eigenvalue weighted by Crippen LogP contribution is 2.70. The molecule has 1 heterocycles. The van der Waals surface area contributed by atoms with Gasteiger partial charge in [0.05, 0.1) is 23.7 Å². The number of carbonyl (C=O) groups excluding carboxylic acids is 1. The lowest BCUT2D eigenvalue weighted by Gasteiger charge is -2.45. The Morgan fingerprint density at radius 2 is 1.79 bits per heavy atom. The van der Waals surface area contributed by atoms with Gasteiger partial charge in [0.15, 0.2) is 6.79 Å². The van der Waals surface area contributed by atoms with E-state index >= 15 is 0 Å². The molecule has 5 fully saturated rings. The zero-order chi connectivity index (χ0) is 19.5. The Kier molecular flexibility index (Phi) is 5.02. The Morgan fingerprint density at radius 3 is 2.50 bits per heavy atom. The number of rotatable bonds is 7. The van der Waals surface area contributed by atoms with E-state index in [0.29, 0.717) is 5.92 Å². The summed E-state index contributed by atoms with van der Waals surface area (Å²) in [6.45, 7) is 6.61. The molecule has 28 heavy (non-hydrogen) atoms. The van der Waals surface area contributed by atoms with E-state index in [1.165, 1.54) is 32.1 Å².